The summed E-state index contributed by atoms with van der Waals surface area (Å²) in [5, 5.41) is 3.22. The molecule has 2 amide bonds. The third-order valence-corrected chi connectivity index (χ3v) is 5.22. The number of esters is 1. The summed E-state index contributed by atoms with van der Waals surface area (Å²) < 4.78 is 8.91. The van der Waals surface area contributed by atoms with Crippen molar-refractivity contribution in [3.8, 4) is 0 Å². The van der Waals surface area contributed by atoms with Crippen LogP contribution in [-0.2, 0) is 11.2 Å². The first kappa shape index (κ1) is 16.4. The molecule has 0 radical (unpaired) electrons. The number of ether oxygens (including phenoxy) is 1. The molecule has 2 aromatic rings. The number of hydrogen-bond acceptors (Lipinski definition) is 5. The van der Waals surface area contributed by atoms with Gasteiger partial charge in [0, 0.05) is 7.05 Å². The van der Waals surface area contributed by atoms with Crippen LogP contribution in [0.25, 0.3) is 0 Å². The number of aryl methyl sites for hydroxylation is 2. The number of amides is 2. The van der Waals surface area contributed by atoms with Crippen LogP contribution in [0.15, 0.2) is 24.3 Å². The number of carbonyl (C=O) groups is 2. The summed E-state index contributed by atoms with van der Waals surface area (Å²) in [5.41, 5.74) is 3.34. The van der Waals surface area contributed by atoms with Gasteiger partial charge in [-0.2, -0.15) is 4.37 Å². The Morgan fingerprint density at radius 3 is 2.88 bits per heavy atom. The summed E-state index contributed by atoms with van der Waals surface area (Å²) in [4.78, 5) is 26.2. The number of rotatable bonds is 3. The first-order valence-corrected chi connectivity index (χ1v) is 8.46. The van der Waals surface area contributed by atoms with E-state index < -0.39 is 5.97 Å². The maximum Gasteiger partial charge on any atom is 0.342 e. The fraction of sp³-hybridized carbons (Fsp3) is 0.353. The van der Waals surface area contributed by atoms with E-state index in [1.165, 1.54) is 18.2 Å². The molecule has 1 aromatic heterocycles. The molecule has 6 nitrogen and oxygen atoms in total. The van der Waals surface area contributed by atoms with Gasteiger partial charge in [-0.25, -0.2) is 9.59 Å². The summed E-state index contributed by atoms with van der Waals surface area (Å²) in [6.07, 6.45) is 1.86. The smallest absolute Gasteiger partial charge is 0.342 e. The minimum absolute atomic E-state index is 0.0387. The number of fused-ring (bicyclic) bond motifs is 1. The van der Waals surface area contributed by atoms with Gasteiger partial charge in [-0.1, -0.05) is 24.3 Å². The Kier molecular flexibility index (Phi) is 4.53. The summed E-state index contributed by atoms with van der Waals surface area (Å²) in [6.45, 7) is 1.72. The molecule has 1 atom stereocenters. The molecule has 0 bridgehead atoms. The molecule has 24 heavy (non-hydrogen) atoms. The molecule has 1 aliphatic rings. The van der Waals surface area contributed by atoms with Gasteiger partial charge < -0.3 is 9.64 Å². The van der Waals surface area contributed by atoms with Gasteiger partial charge in [0.25, 0.3) is 0 Å². The van der Waals surface area contributed by atoms with E-state index in [1.807, 2.05) is 12.1 Å². The Labute approximate surface area is 144 Å². The van der Waals surface area contributed by atoms with Crippen LogP contribution in [0.4, 0.5) is 9.80 Å². The summed E-state index contributed by atoms with van der Waals surface area (Å²) >= 11 is 1.08. The lowest BCUT2D eigenvalue weighted by Gasteiger charge is -2.25. The standard InChI is InChI=1S/C17H19N3O3S/c1-10-14(16(21)23-3)15(24-19-10)18-17(22)20(2)13-9-8-11-6-4-5-7-12(11)13/h4-7,13H,8-9H2,1-3H3,(H,18,22). The Morgan fingerprint density at radius 1 is 1.38 bits per heavy atom. The molecule has 1 N–H and O–H groups in total. The van der Waals surface area contributed by atoms with Gasteiger partial charge in [-0.3, -0.25) is 5.32 Å². The minimum Gasteiger partial charge on any atom is -0.465 e. The van der Waals surface area contributed by atoms with Crippen molar-refractivity contribution >= 4 is 28.5 Å². The molecular weight excluding hydrogens is 326 g/mol. The van der Waals surface area contributed by atoms with Gasteiger partial charge in [0.2, 0.25) is 0 Å². The van der Waals surface area contributed by atoms with Crippen molar-refractivity contribution in [1.29, 1.82) is 0 Å². The topological polar surface area (TPSA) is 71.5 Å². The average molecular weight is 345 g/mol. The van der Waals surface area contributed by atoms with Crippen molar-refractivity contribution < 1.29 is 14.3 Å². The normalized spacial score (nSPS) is 15.7. The van der Waals surface area contributed by atoms with Crippen LogP contribution in [0.3, 0.4) is 0 Å². The van der Waals surface area contributed by atoms with Crippen LogP contribution in [0, 0.1) is 6.92 Å². The SMILES string of the molecule is COC(=O)c1c(C)nsc1NC(=O)N(C)C1CCc2ccccc21. The molecule has 0 spiro atoms. The zero-order chi connectivity index (χ0) is 17.3. The zero-order valence-electron chi connectivity index (χ0n) is 13.8. The summed E-state index contributed by atoms with van der Waals surface area (Å²) in [5.74, 6) is -0.495. The van der Waals surface area contributed by atoms with Gasteiger partial charge in [0.05, 0.1) is 18.8 Å². The van der Waals surface area contributed by atoms with Gasteiger partial charge in [-0.15, -0.1) is 0 Å². The van der Waals surface area contributed by atoms with Crippen LogP contribution in [0.1, 0.15) is 39.6 Å². The van der Waals surface area contributed by atoms with E-state index in [1.54, 1.807) is 18.9 Å². The third-order valence-electron chi connectivity index (χ3n) is 4.36. The fourth-order valence-corrected chi connectivity index (χ4v) is 3.84. The monoisotopic (exact) mass is 345 g/mol. The number of benzene rings is 1. The minimum atomic E-state index is -0.495. The Balaban J connectivity index is 1.78. The van der Waals surface area contributed by atoms with Crippen LogP contribution in [0.5, 0.6) is 0 Å². The molecule has 1 heterocycles. The Bertz CT molecular complexity index is 787. The van der Waals surface area contributed by atoms with Crippen LogP contribution < -0.4 is 5.32 Å². The number of nitrogens with one attached hydrogen (secondary N) is 1. The summed E-state index contributed by atoms with van der Waals surface area (Å²) in [6, 6.07) is 7.95. The van der Waals surface area contributed by atoms with Gasteiger partial charge in [0.1, 0.15) is 10.6 Å². The van der Waals surface area contributed by atoms with Gasteiger partial charge in [0.15, 0.2) is 0 Å². The molecule has 0 fully saturated rings. The maximum absolute atomic E-state index is 12.6. The highest BCUT2D eigenvalue weighted by molar-refractivity contribution is 7.11. The second kappa shape index (κ2) is 6.60. The number of methoxy groups -OCH3 is 1. The van der Waals surface area contributed by atoms with E-state index in [2.05, 4.69) is 21.8 Å². The van der Waals surface area contributed by atoms with Crippen molar-refractivity contribution in [2.75, 3.05) is 19.5 Å². The van der Waals surface area contributed by atoms with E-state index in [-0.39, 0.29) is 12.1 Å². The molecule has 3 rings (SSSR count). The van der Waals surface area contributed by atoms with Crippen molar-refractivity contribution in [3.05, 3.63) is 46.6 Å². The van der Waals surface area contributed by atoms with Crippen molar-refractivity contribution in [2.45, 2.75) is 25.8 Å². The lowest BCUT2D eigenvalue weighted by Crippen LogP contribution is -2.34. The number of carbonyl (C=O) groups excluding carboxylic acids is 2. The molecule has 7 heteroatoms. The van der Waals surface area contributed by atoms with E-state index in [9.17, 15) is 9.59 Å². The molecule has 126 valence electrons. The van der Waals surface area contributed by atoms with Crippen LogP contribution in [-0.4, -0.2) is 35.4 Å². The lowest BCUT2D eigenvalue weighted by molar-refractivity contribution is 0.0601. The number of anilines is 1. The second-order valence-electron chi connectivity index (χ2n) is 5.76. The van der Waals surface area contributed by atoms with E-state index in [4.69, 9.17) is 4.74 Å². The predicted molar refractivity (Wildman–Crippen MR) is 92.5 cm³/mol. The molecule has 1 unspecified atom stereocenters. The molecule has 0 saturated carbocycles. The van der Waals surface area contributed by atoms with E-state index >= 15 is 0 Å². The molecule has 1 aromatic carbocycles. The largest absolute Gasteiger partial charge is 0.465 e. The Morgan fingerprint density at radius 2 is 2.12 bits per heavy atom. The molecule has 1 aliphatic carbocycles. The van der Waals surface area contributed by atoms with Crippen molar-refractivity contribution in [3.63, 3.8) is 0 Å². The second-order valence-corrected chi connectivity index (χ2v) is 6.53. The highest BCUT2D eigenvalue weighted by Gasteiger charge is 2.29. The maximum atomic E-state index is 12.6. The first-order chi connectivity index (χ1) is 11.5. The highest BCUT2D eigenvalue weighted by atomic mass is 32.1. The quantitative estimate of drug-likeness (QED) is 0.866. The van der Waals surface area contributed by atoms with Gasteiger partial charge in [-0.05, 0) is 42.4 Å². The average Bonchev–Trinajstić information content (AvgIpc) is 3.17. The fourth-order valence-electron chi connectivity index (χ4n) is 3.06. The van der Waals surface area contributed by atoms with Crippen LogP contribution in [0.2, 0.25) is 0 Å². The van der Waals surface area contributed by atoms with Crippen molar-refractivity contribution in [2.24, 2.45) is 0 Å². The highest BCUT2D eigenvalue weighted by Crippen LogP contribution is 2.35. The Hall–Kier alpha value is -2.41. The predicted octanol–water partition coefficient (Wildman–Crippen LogP) is 3.39. The number of urea groups is 1. The van der Waals surface area contributed by atoms with Crippen LogP contribution >= 0.6 is 11.5 Å². The summed E-state index contributed by atoms with van der Waals surface area (Å²) in [7, 11) is 3.08. The third kappa shape index (κ3) is 2.87. The lowest BCUT2D eigenvalue weighted by atomic mass is 10.1. The zero-order valence-corrected chi connectivity index (χ0v) is 14.6. The van der Waals surface area contributed by atoms with Crippen molar-refractivity contribution in [1.82, 2.24) is 9.27 Å². The number of hydrogen-bond donors (Lipinski definition) is 1. The number of nitrogens with zero attached hydrogens (tertiary/aromatic N) is 2. The van der Waals surface area contributed by atoms with E-state index in [0.717, 1.165) is 24.4 Å². The number of aromatic nitrogens is 1. The van der Waals surface area contributed by atoms with E-state index in [0.29, 0.717) is 16.3 Å². The first-order valence-electron chi connectivity index (χ1n) is 7.69. The van der Waals surface area contributed by atoms with Gasteiger partial charge >= 0.3 is 12.0 Å². The molecule has 0 saturated heterocycles. The molecule has 0 aliphatic heterocycles. The molecular formula is C17H19N3O3S.